The van der Waals surface area contributed by atoms with Gasteiger partial charge in [0.25, 0.3) is 0 Å². The van der Waals surface area contributed by atoms with Crippen molar-refractivity contribution in [1.82, 2.24) is 0 Å². The summed E-state index contributed by atoms with van der Waals surface area (Å²) in [6.45, 7) is 0. The van der Waals surface area contributed by atoms with Gasteiger partial charge in [-0.2, -0.15) is 9.90 Å². The molecule has 0 bridgehead atoms. The molecule has 0 aliphatic rings. The quantitative estimate of drug-likeness (QED) is 0.436. The van der Waals surface area contributed by atoms with E-state index in [0.717, 1.165) is 0 Å². The molecule has 0 saturated heterocycles. The van der Waals surface area contributed by atoms with E-state index in [-0.39, 0.29) is 83.1 Å². The SMILES string of the molecule is P.[Co].[Ni].[Pd].[Zn]. The van der Waals surface area contributed by atoms with E-state index < -0.39 is 0 Å². The summed E-state index contributed by atoms with van der Waals surface area (Å²) in [6.07, 6.45) is 0. The fraction of sp³-hybridized carbons (Fsp3) is 0. The van der Waals surface area contributed by atoms with Crippen molar-refractivity contribution in [1.29, 1.82) is 0 Å². The van der Waals surface area contributed by atoms with E-state index in [9.17, 15) is 0 Å². The maximum atomic E-state index is 0. The molecule has 0 fully saturated rings. The molecule has 0 aliphatic carbocycles. The summed E-state index contributed by atoms with van der Waals surface area (Å²) in [5.41, 5.74) is 0. The monoisotopic (exact) mass is 321 g/mol. The Hall–Kier alpha value is 2.72. The van der Waals surface area contributed by atoms with Crippen LogP contribution in [0.4, 0.5) is 0 Å². The Kier molecular flexibility index (Phi) is 281. The summed E-state index contributed by atoms with van der Waals surface area (Å²) in [7, 11) is 0. The van der Waals surface area contributed by atoms with Crippen LogP contribution in [-0.4, -0.2) is 0 Å². The van der Waals surface area contributed by atoms with Gasteiger partial charge in [-0.05, 0) is 0 Å². The second-order valence-electron chi connectivity index (χ2n) is 0. The van der Waals surface area contributed by atoms with Gasteiger partial charge in [-0.1, -0.05) is 0 Å². The van der Waals surface area contributed by atoms with Gasteiger partial charge in [0.1, 0.15) is 0 Å². The van der Waals surface area contributed by atoms with Crippen LogP contribution < -0.4 is 0 Å². The fourth-order valence-electron chi connectivity index (χ4n) is 0. The van der Waals surface area contributed by atoms with E-state index in [1.807, 2.05) is 0 Å². The van der Waals surface area contributed by atoms with Gasteiger partial charge < -0.3 is 0 Å². The van der Waals surface area contributed by atoms with Crippen molar-refractivity contribution in [2.45, 2.75) is 0 Å². The minimum absolute atomic E-state index is 0. The Labute approximate surface area is 82.1 Å². The third-order valence-electron chi connectivity index (χ3n) is 0. The number of rotatable bonds is 0. The molecule has 1 unspecified atom stereocenters. The van der Waals surface area contributed by atoms with Crippen LogP contribution in [0.3, 0.4) is 0 Å². The zero-order valence-electron chi connectivity index (χ0n) is 2.38. The third-order valence-corrected chi connectivity index (χ3v) is 0. The average Bonchev–Trinajstić information content (AvgIpc) is 0. The molecule has 0 aromatic carbocycles. The molecular formula is H3CoNiPPdZn. The summed E-state index contributed by atoms with van der Waals surface area (Å²) in [5, 5.41) is 0. The maximum Gasteiger partial charge on any atom is 0 e. The first-order chi connectivity index (χ1) is 0. The first-order valence-electron chi connectivity index (χ1n) is 0. The third kappa shape index (κ3) is 20.2. The predicted molar refractivity (Wildman–Crippen MR) is 11.1 cm³/mol. The van der Waals surface area contributed by atoms with Gasteiger partial charge in [0, 0.05) is 73.2 Å². The molecule has 0 amide bonds. The molecule has 0 aliphatic heterocycles. The second-order valence-corrected chi connectivity index (χ2v) is 0. The van der Waals surface area contributed by atoms with Crippen molar-refractivity contribution in [2.75, 3.05) is 0 Å². The summed E-state index contributed by atoms with van der Waals surface area (Å²) in [6, 6.07) is 0. The number of hydrogen-bond acceptors (Lipinski definition) is 0. The van der Waals surface area contributed by atoms with E-state index >= 15 is 0 Å². The van der Waals surface area contributed by atoms with Gasteiger partial charge in [-0.25, -0.2) is 0 Å². The van der Waals surface area contributed by atoms with Gasteiger partial charge in [0.05, 0.1) is 0 Å². The van der Waals surface area contributed by atoms with Gasteiger partial charge >= 0.3 is 0 Å². The van der Waals surface area contributed by atoms with E-state index in [2.05, 4.69) is 0 Å². The minimum atomic E-state index is 0. The molecule has 5 heteroatoms. The normalized spacial score (nSPS) is 0. The van der Waals surface area contributed by atoms with Crippen molar-refractivity contribution in [2.24, 2.45) is 0 Å². The van der Waals surface area contributed by atoms with Crippen molar-refractivity contribution >= 4 is 9.90 Å². The standard InChI is InChI=1S/Co.Ni.H3P.Pd.Zn/h;;1H3;;. The molecule has 0 aromatic rings. The van der Waals surface area contributed by atoms with E-state index in [4.69, 9.17) is 0 Å². The fourth-order valence-corrected chi connectivity index (χ4v) is 0. The van der Waals surface area contributed by atoms with Gasteiger partial charge in [-0.15, -0.1) is 0 Å². The van der Waals surface area contributed by atoms with Gasteiger partial charge in [-0.3, -0.25) is 0 Å². The molecular weight excluding hydrogens is 320 g/mol. The molecule has 0 aromatic heterocycles. The maximum absolute atomic E-state index is 0. The first-order valence-corrected chi connectivity index (χ1v) is 0. The molecule has 0 N–H and O–H groups in total. The van der Waals surface area contributed by atoms with Crippen molar-refractivity contribution in [3.63, 3.8) is 0 Å². The van der Waals surface area contributed by atoms with E-state index in [1.165, 1.54) is 0 Å². The van der Waals surface area contributed by atoms with Crippen molar-refractivity contribution < 1.29 is 73.2 Å². The molecule has 39 valence electrons. The second kappa shape index (κ2) is 29.7. The van der Waals surface area contributed by atoms with Crippen LogP contribution in [0.1, 0.15) is 0 Å². The summed E-state index contributed by atoms with van der Waals surface area (Å²) < 4.78 is 0. The Morgan fingerprint density at radius 3 is 1.00 bits per heavy atom. The Morgan fingerprint density at radius 1 is 1.00 bits per heavy atom. The summed E-state index contributed by atoms with van der Waals surface area (Å²) in [5.74, 6) is 0. The van der Waals surface area contributed by atoms with Gasteiger partial charge in [0.15, 0.2) is 0 Å². The Bertz CT molecular complexity index is 11.6. The topological polar surface area (TPSA) is 0 Å². The summed E-state index contributed by atoms with van der Waals surface area (Å²) in [4.78, 5) is 0. The largest absolute Gasteiger partial charge is 0.153 e. The first kappa shape index (κ1) is 47.2. The van der Waals surface area contributed by atoms with Crippen molar-refractivity contribution in [3.05, 3.63) is 0 Å². The van der Waals surface area contributed by atoms with E-state index in [0.29, 0.717) is 0 Å². The minimum Gasteiger partial charge on any atom is -0.153 e. The van der Waals surface area contributed by atoms with Crippen LogP contribution >= 0.6 is 9.90 Å². The van der Waals surface area contributed by atoms with Crippen LogP contribution in [0, 0.1) is 0 Å². The van der Waals surface area contributed by atoms with Crippen LogP contribution in [0.2, 0.25) is 0 Å². The Morgan fingerprint density at radius 2 is 1.00 bits per heavy atom. The number of hydrogen-bond donors (Lipinski definition) is 0. The zero-order valence-corrected chi connectivity index (χ0v) is 10.3. The molecule has 0 nitrogen and oxygen atoms in total. The smallest absolute Gasteiger partial charge is 0 e. The zero-order chi connectivity index (χ0) is 0. The van der Waals surface area contributed by atoms with Crippen LogP contribution in [0.15, 0.2) is 0 Å². The molecule has 1 radical (unpaired) electrons. The molecule has 0 rings (SSSR count). The molecule has 1 atom stereocenters. The summed E-state index contributed by atoms with van der Waals surface area (Å²) >= 11 is 0. The molecule has 0 heterocycles. The van der Waals surface area contributed by atoms with Crippen LogP contribution in [0.5, 0.6) is 0 Å². The Balaban J connectivity index is 0. The average molecular weight is 323 g/mol. The van der Waals surface area contributed by atoms with Gasteiger partial charge in [0.2, 0.25) is 0 Å². The van der Waals surface area contributed by atoms with E-state index in [1.54, 1.807) is 0 Å². The molecule has 5 heavy (non-hydrogen) atoms. The van der Waals surface area contributed by atoms with Crippen LogP contribution in [-0.2, 0) is 73.2 Å². The molecule has 0 spiro atoms. The van der Waals surface area contributed by atoms with Crippen LogP contribution in [0.25, 0.3) is 0 Å². The molecule has 0 saturated carbocycles. The predicted octanol–water partition coefficient (Wildman–Crippen LogP) is 0.0481. The van der Waals surface area contributed by atoms with Crippen molar-refractivity contribution in [3.8, 4) is 0 Å².